The second-order valence-corrected chi connectivity index (χ2v) is 9.68. The van der Waals surface area contributed by atoms with Gasteiger partial charge in [0.05, 0.1) is 4.75 Å². The Hall–Kier alpha value is -1.20. The van der Waals surface area contributed by atoms with Crippen LogP contribution in [0, 0.1) is 29.1 Å². The average Bonchev–Trinajstić information content (AvgIpc) is 2.97. The van der Waals surface area contributed by atoms with Gasteiger partial charge in [-0.1, -0.05) is 13.0 Å². The molecule has 4 nitrogen and oxygen atoms in total. The number of fused-ring (bicyclic) bond motifs is 5. The van der Waals surface area contributed by atoms with Crippen LogP contribution < -0.4 is 0 Å². The first-order valence-corrected chi connectivity index (χ1v) is 10.8. The van der Waals surface area contributed by atoms with Crippen molar-refractivity contribution in [2.45, 2.75) is 43.8 Å². The lowest BCUT2D eigenvalue weighted by atomic mass is 9.51. The van der Waals surface area contributed by atoms with Crippen LogP contribution in [0.25, 0.3) is 0 Å². The Morgan fingerprint density at radius 1 is 1.31 bits per heavy atom. The molecule has 0 aromatic carbocycles. The number of allylic oxidation sites excluding steroid dienone is 2. The summed E-state index contributed by atoms with van der Waals surface area (Å²) in [5.41, 5.74) is 0.768. The first kappa shape index (κ1) is 18.2. The standard InChI is InChI=1S/C21H26O4S/c1-20-10-17(24)19-14(15(20)5-6-16(20)18(25)11-22)4-3-12-9-13(23)7-8-21(12,19)26-2/h7-9,14-16,19,22H,3-6,10-11H2,1-2H3. The third-order valence-electron chi connectivity index (χ3n) is 7.66. The fourth-order valence-corrected chi connectivity index (χ4v) is 7.79. The molecule has 4 aliphatic rings. The van der Waals surface area contributed by atoms with Gasteiger partial charge in [0, 0.05) is 18.3 Å². The molecule has 0 bridgehead atoms. The molecule has 26 heavy (non-hydrogen) atoms. The lowest BCUT2D eigenvalue weighted by Crippen LogP contribution is -2.57. The molecule has 4 aliphatic carbocycles. The van der Waals surface area contributed by atoms with E-state index in [-0.39, 0.29) is 40.5 Å². The minimum absolute atomic E-state index is 0.0192. The quantitative estimate of drug-likeness (QED) is 0.822. The zero-order valence-corrected chi connectivity index (χ0v) is 16.2. The van der Waals surface area contributed by atoms with E-state index in [0.29, 0.717) is 12.3 Å². The van der Waals surface area contributed by atoms with Crippen molar-refractivity contribution in [3.63, 3.8) is 0 Å². The third kappa shape index (κ3) is 2.29. The van der Waals surface area contributed by atoms with Gasteiger partial charge < -0.3 is 5.11 Å². The molecule has 0 saturated heterocycles. The molecule has 0 aromatic rings. The summed E-state index contributed by atoms with van der Waals surface area (Å²) in [6.07, 6.45) is 11.3. The number of hydrogen-bond acceptors (Lipinski definition) is 5. The van der Waals surface area contributed by atoms with E-state index >= 15 is 0 Å². The molecule has 0 amide bonds. The molecular weight excluding hydrogens is 348 g/mol. The van der Waals surface area contributed by atoms with Crippen LogP contribution in [-0.2, 0) is 14.4 Å². The first-order chi connectivity index (χ1) is 12.4. The van der Waals surface area contributed by atoms with Crippen LogP contribution in [0.3, 0.4) is 0 Å². The molecule has 6 atom stereocenters. The molecule has 1 N–H and O–H groups in total. The van der Waals surface area contributed by atoms with Gasteiger partial charge in [-0.25, -0.2) is 0 Å². The maximum absolute atomic E-state index is 13.4. The SMILES string of the molecule is CSC12C=CC(=O)C=C1CCC1C2C(=O)CC2(C)C(C(=O)CO)CCC12. The zero-order chi connectivity index (χ0) is 18.7. The maximum atomic E-state index is 13.4. The maximum Gasteiger partial charge on any atom is 0.178 e. The topological polar surface area (TPSA) is 71.4 Å². The summed E-state index contributed by atoms with van der Waals surface area (Å²) in [7, 11) is 0. The predicted octanol–water partition coefficient (Wildman–Crippen LogP) is 2.75. The van der Waals surface area contributed by atoms with Gasteiger partial charge in [0.25, 0.3) is 0 Å². The molecule has 140 valence electrons. The molecule has 0 spiro atoms. The Bertz CT molecular complexity index is 738. The Kier molecular flexibility index (Phi) is 4.31. The van der Waals surface area contributed by atoms with Crippen LogP contribution in [0.1, 0.15) is 39.0 Å². The highest BCUT2D eigenvalue weighted by Crippen LogP contribution is 2.65. The number of carbonyl (C=O) groups is 3. The molecule has 3 saturated carbocycles. The monoisotopic (exact) mass is 374 g/mol. The number of aliphatic hydroxyl groups excluding tert-OH is 1. The Morgan fingerprint density at radius 3 is 2.77 bits per heavy atom. The molecule has 0 aromatic heterocycles. The lowest BCUT2D eigenvalue weighted by molar-refractivity contribution is -0.142. The molecule has 5 heteroatoms. The summed E-state index contributed by atoms with van der Waals surface area (Å²) in [4.78, 5) is 37.6. The second-order valence-electron chi connectivity index (χ2n) is 8.59. The van der Waals surface area contributed by atoms with Crippen molar-refractivity contribution in [2.75, 3.05) is 12.9 Å². The van der Waals surface area contributed by atoms with Crippen LogP contribution in [0.4, 0.5) is 0 Å². The number of Topliss-reactive ketones (excluding diaryl/α,β-unsaturated/α-hetero) is 2. The van der Waals surface area contributed by atoms with Crippen molar-refractivity contribution in [1.82, 2.24) is 0 Å². The average molecular weight is 375 g/mol. The van der Waals surface area contributed by atoms with Gasteiger partial charge in [-0.05, 0) is 66.9 Å². The van der Waals surface area contributed by atoms with E-state index in [1.807, 2.05) is 12.3 Å². The highest BCUT2D eigenvalue weighted by atomic mass is 32.2. The minimum Gasteiger partial charge on any atom is -0.389 e. The Morgan fingerprint density at radius 2 is 2.08 bits per heavy atom. The molecule has 4 rings (SSSR count). The van der Waals surface area contributed by atoms with E-state index in [1.54, 1.807) is 23.9 Å². The Balaban J connectivity index is 1.75. The van der Waals surface area contributed by atoms with Crippen molar-refractivity contribution < 1.29 is 19.5 Å². The van der Waals surface area contributed by atoms with E-state index in [9.17, 15) is 19.5 Å². The minimum atomic E-state index is -0.429. The summed E-state index contributed by atoms with van der Waals surface area (Å²) in [5, 5.41) is 9.37. The van der Waals surface area contributed by atoms with Gasteiger partial charge in [0.1, 0.15) is 12.4 Å². The molecule has 3 fully saturated rings. The summed E-state index contributed by atoms with van der Waals surface area (Å²) < 4.78 is -0.395. The predicted molar refractivity (Wildman–Crippen MR) is 101 cm³/mol. The normalized spacial score (nSPS) is 44.2. The Labute approximate surface area is 158 Å². The van der Waals surface area contributed by atoms with Crippen LogP contribution >= 0.6 is 11.8 Å². The van der Waals surface area contributed by atoms with E-state index in [4.69, 9.17) is 0 Å². The third-order valence-corrected chi connectivity index (χ3v) is 8.99. The van der Waals surface area contributed by atoms with Gasteiger partial charge >= 0.3 is 0 Å². The number of thioether (sulfide) groups is 1. The van der Waals surface area contributed by atoms with E-state index in [0.717, 1.165) is 31.3 Å². The van der Waals surface area contributed by atoms with Crippen molar-refractivity contribution in [3.8, 4) is 0 Å². The highest BCUT2D eigenvalue weighted by Gasteiger charge is 2.63. The summed E-state index contributed by atoms with van der Waals surface area (Å²) in [6.45, 7) is 1.66. The fraction of sp³-hybridized carbons (Fsp3) is 0.667. The smallest absolute Gasteiger partial charge is 0.178 e. The van der Waals surface area contributed by atoms with Crippen LogP contribution in [-0.4, -0.2) is 40.1 Å². The number of carbonyl (C=O) groups excluding carboxylic acids is 3. The van der Waals surface area contributed by atoms with Crippen molar-refractivity contribution >= 4 is 29.1 Å². The molecule has 0 aliphatic heterocycles. The molecule has 6 unspecified atom stereocenters. The zero-order valence-electron chi connectivity index (χ0n) is 15.4. The van der Waals surface area contributed by atoms with Gasteiger partial charge in [0.2, 0.25) is 0 Å². The first-order valence-electron chi connectivity index (χ1n) is 9.53. The number of hydrogen-bond donors (Lipinski definition) is 1. The van der Waals surface area contributed by atoms with Crippen LogP contribution in [0.15, 0.2) is 23.8 Å². The lowest BCUT2D eigenvalue weighted by Gasteiger charge is -2.56. The molecule has 0 radical (unpaired) electrons. The summed E-state index contributed by atoms with van der Waals surface area (Å²) in [6, 6.07) is 0. The molecular formula is C21H26O4S. The number of rotatable bonds is 3. The fourth-order valence-electron chi connectivity index (χ4n) is 6.61. The molecule has 0 heterocycles. The largest absolute Gasteiger partial charge is 0.389 e. The summed E-state index contributed by atoms with van der Waals surface area (Å²) >= 11 is 1.68. The van der Waals surface area contributed by atoms with Gasteiger partial charge in [-0.15, -0.1) is 11.8 Å². The van der Waals surface area contributed by atoms with Crippen LogP contribution in [0.5, 0.6) is 0 Å². The van der Waals surface area contributed by atoms with Crippen LogP contribution in [0.2, 0.25) is 0 Å². The van der Waals surface area contributed by atoms with Crippen molar-refractivity contribution in [1.29, 1.82) is 0 Å². The van der Waals surface area contributed by atoms with Crippen molar-refractivity contribution in [2.24, 2.45) is 29.1 Å². The summed E-state index contributed by atoms with van der Waals surface area (Å²) in [5.74, 6) is 0.412. The van der Waals surface area contributed by atoms with E-state index in [1.165, 1.54) is 0 Å². The number of aliphatic hydroxyl groups is 1. The van der Waals surface area contributed by atoms with Gasteiger partial charge in [0.15, 0.2) is 11.6 Å². The van der Waals surface area contributed by atoms with Crippen molar-refractivity contribution in [3.05, 3.63) is 23.8 Å². The number of ketones is 3. The van der Waals surface area contributed by atoms with Gasteiger partial charge in [-0.2, -0.15) is 0 Å². The van der Waals surface area contributed by atoms with E-state index in [2.05, 4.69) is 6.92 Å². The van der Waals surface area contributed by atoms with E-state index < -0.39 is 11.4 Å². The van der Waals surface area contributed by atoms with Gasteiger partial charge in [-0.3, -0.25) is 14.4 Å². The second kappa shape index (κ2) is 6.16. The highest BCUT2D eigenvalue weighted by molar-refractivity contribution is 8.00.